The van der Waals surface area contributed by atoms with Gasteiger partial charge in [0.25, 0.3) is 0 Å². The summed E-state index contributed by atoms with van der Waals surface area (Å²) in [6.07, 6.45) is 1.18. The van der Waals surface area contributed by atoms with Gasteiger partial charge >= 0.3 is 0 Å². The molecule has 0 aliphatic rings. The van der Waals surface area contributed by atoms with E-state index < -0.39 is 5.54 Å². The van der Waals surface area contributed by atoms with Crippen molar-refractivity contribution in [1.82, 2.24) is 5.32 Å². The van der Waals surface area contributed by atoms with E-state index >= 15 is 0 Å². The van der Waals surface area contributed by atoms with Gasteiger partial charge in [0.2, 0.25) is 5.91 Å². The summed E-state index contributed by atoms with van der Waals surface area (Å²) in [7, 11) is 0. The first kappa shape index (κ1) is 15.3. The summed E-state index contributed by atoms with van der Waals surface area (Å²) in [5.74, 6) is 0.610. The summed E-state index contributed by atoms with van der Waals surface area (Å²) in [6, 6.07) is 8.19. The van der Waals surface area contributed by atoms with Crippen molar-refractivity contribution in [2.45, 2.75) is 32.2 Å². The highest BCUT2D eigenvalue weighted by atomic mass is 35.5. The minimum Gasteiger partial charge on any atom is -0.349 e. The van der Waals surface area contributed by atoms with E-state index in [1.807, 2.05) is 26.0 Å². The van der Waals surface area contributed by atoms with Crippen LogP contribution in [0.4, 0.5) is 0 Å². The summed E-state index contributed by atoms with van der Waals surface area (Å²) in [4.78, 5) is 11.8. The van der Waals surface area contributed by atoms with Crippen LogP contribution in [0.1, 0.15) is 24.5 Å². The second-order valence-corrected chi connectivity index (χ2v) is 5.40. The average Bonchev–Trinajstić information content (AvgIpc) is 2.38. The standard InChI is InChI=1S/C14H19Cl2NO/c1-11-3-5-12(6-4-11)7-8-13(18)17-14(2,9-15)10-16/h3-6H,7-10H2,1-2H3,(H,17,18). The zero-order valence-corrected chi connectivity index (χ0v) is 12.3. The molecule has 4 heteroatoms. The van der Waals surface area contributed by atoms with E-state index in [2.05, 4.69) is 17.4 Å². The van der Waals surface area contributed by atoms with Crippen LogP contribution in [0.5, 0.6) is 0 Å². The molecule has 0 unspecified atom stereocenters. The lowest BCUT2D eigenvalue weighted by Crippen LogP contribution is -2.49. The van der Waals surface area contributed by atoms with Gasteiger partial charge in [-0.05, 0) is 25.8 Å². The number of hydrogen-bond acceptors (Lipinski definition) is 1. The third kappa shape index (κ3) is 4.87. The van der Waals surface area contributed by atoms with Gasteiger partial charge in [-0.15, -0.1) is 23.2 Å². The minimum absolute atomic E-state index is 0.0145. The van der Waals surface area contributed by atoms with Crippen LogP contribution in [0.2, 0.25) is 0 Å². The number of rotatable bonds is 6. The van der Waals surface area contributed by atoms with Gasteiger partial charge in [0.1, 0.15) is 0 Å². The summed E-state index contributed by atoms with van der Waals surface area (Å²) in [5.41, 5.74) is 1.86. The number of halogens is 2. The highest BCUT2D eigenvalue weighted by Crippen LogP contribution is 2.10. The number of carbonyl (C=O) groups excluding carboxylic acids is 1. The van der Waals surface area contributed by atoms with Crippen molar-refractivity contribution in [2.75, 3.05) is 11.8 Å². The molecule has 0 spiro atoms. The largest absolute Gasteiger partial charge is 0.349 e. The second kappa shape index (κ2) is 7.01. The maximum atomic E-state index is 11.8. The SMILES string of the molecule is Cc1ccc(CCC(=O)NC(C)(CCl)CCl)cc1. The van der Waals surface area contributed by atoms with Crippen LogP contribution in [0.15, 0.2) is 24.3 Å². The molecule has 1 aromatic rings. The molecule has 0 saturated carbocycles. The van der Waals surface area contributed by atoms with Crippen molar-refractivity contribution >= 4 is 29.1 Å². The third-order valence-electron chi connectivity index (χ3n) is 2.79. The minimum atomic E-state index is -0.520. The zero-order valence-electron chi connectivity index (χ0n) is 10.8. The first-order chi connectivity index (χ1) is 8.49. The van der Waals surface area contributed by atoms with Gasteiger partial charge < -0.3 is 5.32 Å². The Morgan fingerprint density at radius 1 is 1.22 bits per heavy atom. The van der Waals surface area contributed by atoms with Crippen molar-refractivity contribution in [1.29, 1.82) is 0 Å². The fraction of sp³-hybridized carbons (Fsp3) is 0.500. The highest BCUT2D eigenvalue weighted by Gasteiger charge is 2.23. The maximum absolute atomic E-state index is 11.8. The predicted octanol–water partition coefficient (Wildman–Crippen LogP) is 3.28. The third-order valence-corrected chi connectivity index (χ3v) is 3.97. The molecule has 0 atom stereocenters. The van der Waals surface area contributed by atoms with Crippen LogP contribution in [0.25, 0.3) is 0 Å². The Kier molecular flexibility index (Phi) is 5.97. The number of carbonyl (C=O) groups is 1. The van der Waals surface area contributed by atoms with Gasteiger partial charge in [0.15, 0.2) is 0 Å². The van der Waals surface area contributed by atoms with Crippen molar-refractivity contribution in [3.63, 3.8) is 0 Å². The molecular weight excluding hydrogens is 269 g/mol. The Hall–Kier alpha value is -0.730. The molecule has 0 aromatic heterocycles. The molecule has 1 aromatic carbocycles. The van der Waals surface area contributed by atoms with E-state index in [9.17, 15) is 4.79 Å². The van der Waals surface area contributed by atoms with E-state index in [0.29, 0.717) is 18.2 Å². The quantitative estimate of drug-likeness (QED) is 0.800. The van der Waals surface area contributed by atoms with E-state index in [4.69, 9.17) is 23.2 Å². The van der Waals surface area contributed by atoms with E-state index in [1.165, 1.54) is 5.56 Å². The van der Waals surface area contributed by atoms with Crippen molar-refractivity contribution in [3.05, 3.63) is 35.4 Å². The Labute approximate surface area is 119 Å². The molecule has 0 heterocycles. The van der Waals surface area contributed by atoms with Gasteiger partial charge in [-0.3, -0.25) is 4.79 Å². The molecule has 0 aliphatic heterocycles. The molecule has 1 amide bonds. The van der Waals surface area contributed by atoms with Gasteiger partial charge in [0, 0.05) is 18.2 Å². The predicted molar refractivity (Wildman–Crippen MR) is 77.5 cm³/mol. The highest BCUT2D eigenvalue weighted by molar-refractivity contribution is 6.22. The van der Waals surface area contributed by atoms with Crippen molar-refractivity contribution in [3.8, 4) is 0 Å². The smallest absolute Gasteiger partial charge is 0.220 e. The van der Waals surface area contributed by atoms with Crippen LogP contribution in [-0.2, 0) is 11.2 Å². The Morgan fingerprint density at radius 3 is 2.28 bits per heavy atom. The first-order valence-electron chi connectivity index (χ1n) is 5.97. The lowest BCUT2D eigenvalue weighted by molar-refractivity contribution is -0.122. The number of aryl methyl sites for hydroxylation is 2. The van der Waals surface area contributed by atoms with E-state index in [0.717, 1.165) is 12.0 Å². The fourth-order valence-corrected chi connectivity index (χ4v) is 1.93. The number of hydrogen-bond donors (Lipinski definition) is 1. The maximum Gasteiger partial charge on any atom is 0.220 e. The number of alkyl halides is 2. The lowest BCUT2D eigenvalue weighted by atomic mass is 10.1. The zero-order chi connectivity index (χ0) is 13.6. The Balaban J connectivity index is 2.44. The summed E-state index contributed by atoms with van der Waals surface area (Å²) in [5, 5.41) is 2.87. The van der Waals surface area contributed by atoms with Gasteiger partial charge in [0.05, 0.1) is 5.54 Å². The molecule has 18 heavy (non-hydrogen) atoms. The van der Waals surface area contributed by atoms with Crippen LogP contribution in [0.3, 0.4) is 0 Å². The van der Waals surface area contributed by atoms with Crippen LogP contribution in [-0.4, -0.2) is 23.2 Å². The molecule has 0 aliphatic carbocycles. The van der Waals surface area contributed by atoms with E-state index in [-0.39, 0.29) is 5.91 Å². The Morgan fingerprint density at radius 2 is 1.78 bits per heavy atom. The van der Waals surface area contributed by atoms with Crippen LogP contribution >= 0.6 is 23.2 Å². The molecule has 0 fully saturated rings. The number of amides is 1. The Bertz CT molecular complexity index is 385. The molecule has 1 rings (SSSR count). The summed E-state index contributed by atoms with van der Waals surface area (Å²) >= 11 is 11.6. The first-order valence-corrected chi connectivity index (χ1v) is 7.04. The monoisotopic (exact) mass is 287 g/mol. The molecular formula is C14H19Cl2NO. The summed E-state index contributed by atoms with van der Waals surface area (Å²) in [6.45, 7) is 3.89. The summed E-state index contributed by atoms with van der Waals surface area (Å²) < 4.78 is 0. The van der Waals surface area contributed by atoms with Gasteiger partial charge in [-0.25, -0.2) is 0 Å². The van der Waals surface area contributed by atoms with Crippen LogP contribution < -0.4 is 5.32 Å². The van der Waals surface area contributed by atoms with Crippen molar-refractivity contribution in [2.24, 2.45) is 0 Å². The average molecular weight is 288 g/mol. The normalized spacial score (nSPS) is 11.3. The second-order valence-electron chi connectivity index (χ2n) is 4.86. The van der Waals surface area contributed by atoms with E-state index in [1.54, 1.807) is 0 Å². The number of nitrogens with one attached hydrogen (secondary N) is 1. The molecule has 0 radical (unpaired) electrons. The van der Waals surface area contributed by atoms with Gasteiger partial charge in [-0.1, -0.05) is 29.8 Å². The van der Waals surface area contributed by atoms with Gasteiger partial charge in [-0.2, -0.15) is 0 Å². The van der Waals surface area contributed by atoms with Crippen molar-refractivity contribution < 1.29 is 4.79 Å². The molecule has 1 N–H and O–H groups in total. The number of benzene rings is 1. The topological polar surface area (TPSA) is 29.1 Å². The molecule has 100 valence electrons. The molecule has 0 bridgehead atoms. The molecule has 0 saturated heterocycles. The lowest BCUT2D eigenvalue weighted by Gasteiger charge is -2.25. The molecule has 2 nitrogen and oxygen atoms in total. The fourth-order valence-electron chi connectivity index (χ4n) is 1.51. The van der Waals surface area contributed by atoms with Crippen LogP contribution in [0, 0.1) is 6.92 Å².